The van der Waals surface area contributed by atoms with Gasteiger partial charge in [0.25, 0.3) is 11.8 Å². The lowest BCUT2D eigenvalue weighted by molar-refractivity contribution is 0.566. The summed E-state index contributed by atoms with van der Waals surface area (Å²) in [7, 11) is 0. The first kappa shape index (κ1) is 28.8. The minimum atomic E-state index is -0.471. The molecule has 0 amide bonds. The van der Waals surface area contributed by atoms with Gasteiger partial charge >= 0.3 is 0 Å². The molecule has 2 N–H and O–H groups in total. The third kappa shape index (κ3) is 4.85. The lowest BCUT2D eigenvalue weighted by Gasteiger charge is -2.30. The van der Waals surface area contributed by atoms with Crippen molar-refractivity contribution in [1.29, 1.82) is 0 Å². The van der Waals surface area contributed by atoms with Crippen LogP contribution in [-0.4, -0.2) is 71.7 Å². The van der Waals surface area contributed by atoms with Gasteiger partial charge in [0, 0.05) is 88.1 Å². The Balaban J connectivity index is 1.22. The number of benzene rings is 2. The van der Waals surface area contributed by atoms with Crippen LogP contribution in [0, 0.1) is 11.6 Å². The third-order valence-electron chi connectivity index (χ3n) is 9.33. The monoisotopic (exact) mass is 628 g/mol. The number of fused-ring (bicyclic) bond motifs is 2. The number of nitrogens with one attached hydrogen (secondary N) is 2. The van der Waals surface area contributed by atoms with Crippen molar-refractivity contribution in [2.45, 2.75) is 32.4 Å². The van der Waals surface area contributed by atoms with Crippen LogP contribution in [0.2, 0.25) is 0 Å². The second-order valence-electron chi connectivity index (χ2n) is 12.2. The molecule has 238 valence electrons. The standard InChI is InChI=1S/C33H34F2N8O3/c1-2-40-17-22(30(44)20-13-24(34)28(15-26(20)40)41-9-5-36-6-10-41)32-38-39-33(46-32)23-18-43(19-3-4-19)27-16-29(42-11-7-37-8-12-42)25(35)14-21(27)31(23)45/h13-19,36-37H,2-12H2,1H3. The highest BCUT2D eigenvalue weighted by atomic mass is 19.1. The molecule has 1 saturated carbocycles. The summed E-state index contributed by atoms with van der Waals surface area (Å²) in [5, 5.41) is 15.3. The van der Waals surface area contributed by atoms with E-state index in [0.717, 1.165) is 39.0 Å². The van der Waals surface area contributed by atoms with E-state index in [4.69, 9.17) is 4.42 Å². The molecule has 0 spiro atoms. The van der Waals surface area contributed by atoms with Crippen LogP contribution in [0.5, 0.6) is 0 Å². The molecule has 2 saturated heterocycles. The van der Waals surface area contributed by atoms with Crippen molar-refractivity contribution in [3.05, 3.63) is 68.7 Å². The highest BCUT2D eigenvalue weighted by molar-refractivity contribution is 5.88. The van der Waals surface area contributed by atoms with Crippen molar-refractivity contribution >= 4 is 33.2 Å². The molecule has 8 rings (SSSR count). The van der Waals surface area contributed by atoms with Gasteiger partial charge < -0.3 is 34.0 Å². The highest BCUT2D eigenvalue weighted by Crippen LogP contribution is 2.39. The van der Waals surface area contributed by atoms with Crippen LogP contribution in [0.15, 0.2) is 50.7 Å². The number of aryl methyl sites for hydroxylation is 1. The second-order valence-corrected chi connectivity index (χ2v) is 12.2. The Morgan fingerprint density at radius 2 is 1.26 bits per heavy atom. The summed E-state index contributed by atoms with van der Waals surface area (Å²) in [6, 6.07) is 6.26. The second kappa shape index (κ2) is 11.3. The summed E-state index contributed by atoms with van der Waals surface area (Å²) >= 11 is 0. The van der Waals surface area contributed by atoms with E-state index >= 15 is 8.78 Å². The van der Waals surface area contributed by atoms with Crippen LogP contribution in [0.1, 0.15) is 25.8 Å². The molecule has 2 aliphatic heterocycles. The molecule has 5 aromatic rings. The number of hydrogen-bond acceptors (Lipinski definition) is 9. The molecule has 0 unspecified atom stereocenters. The van der Waals surface area contributed by atoms with Crippen LogP contribution in [-0.2, 0) is 6.54 Å². The fraction of sp³-hybridized carbons (Fsp3) is 0.394. The summed E-state index contributed by atoms with van der Waals surface area (Å²) < 4.78 is 40.7. The normalized spacial score (nSPS) is 17.4. The molecule has 1 aliphatic carbocycles. The SMILES string of the molecule is CCn1cc(-c2nnc(-c3cn(C4CC4)c4cc(N5CCNCC5)c(F)cc4c3=O)o2)c(=O)c2cc(F)c(N3CCNCC3)cc21. The Labute approximate surface area is 262 Å². The zero-order valence-corrected chi connectivity index (χ0v) is 25.5. The summed E-state index contributed by atoms with van der Waals surface area (Å²) in [5.41, 5.74) is 1.58. The van der Waals surface area contributed by atoms with Crippen molar-refractivity contribution in [3.63, 3.8) is 0 Å². The van der Waals surface area contributed by atoms with E-state index in [1.807, 2.05) is 25.9 Å². The van der Waals surface area contributed by atoms with Crippen molar-refractivity contribution in [2.24, 2.45) is 0 Å². The number of pyridine rings is 2. The Morgan fingerprint density at radius 1 is 0.761 bits per heavy atom. The fourth-order valence-electron chi connectivity index (χ4n) is 6.72. The quantitative estimate of drug-likeness (QED) is 0.292. The van der Waals surface area contributed by atoms with Crippen LogP contribution in [0.3, 0.4) is 0 Å². The largest absolute Gasteiger partial charge is 0.416 e. The molecule has 3 fully saturated rings. The maximum atomic E-state index is 15.5. The first-order valence-corrected chi connectivity index (χ1v) is 15.9. The van der Waals surface area contributed by atoms with Crippen molar-refractivity contribution in [2.75, 3.05) is 62.2 Å². The van der Waals surface area contributed by atoms with E-state index < -0.39 is 22.5 Å². The number of hydrogen-bond donors (Lipinski definition) is 2. The maximum absolute atomic E-state index is 15.5. The van der Waals surface area contributed by atoms with E-state index in [-0.39, 0.29) is 39.7 Å². The average Bonchev–Trinajstić information content (AvgIpc) is 3.82. The predicted octanol–water partition coefficient (Wildman–Crippen LogP) is 3.49. The molecular weight excluding hydrogens is 594 g/mol. The van der Waals surface area contributed by atoms with E-state index in [1.165, 1.54) is 12.1 Å². The van der Waals surface area contributed by atoms with Crippen molar-refractivity contribution in [1.82, 2.24) is 30.0 Å². The van der Waals surface area contributed by atoms with Gasteiger partial charge in [0.2, 0.25) is 10.9 Å². The lowest BCUT2D eigenvalue weighted by Crippen LogP contribution is -2.43. The summed E-state index contributed by atoms with van der Waals surface area (Å²) in [4.78, 5) is 31.5. The zero-order chi connectivity index (χ0) is 31.5. The Bertz CT molecular complexity index is 2110. The van der Waals surface area contributed by atoms with Gasteiger partial charge in [0.1, 0.15) is 22.8 Å². The molecule has 46 heavy (non-hydrogen) atoms. The minimum absolute atomic E-state index is 0.0642. The molecule has 11 nitrogen and oxygen atoms in total. The smallest absolute Gasteiger partial charge is 0.253 e. The molecular formula is C33H34F2N8O3. The summed E-state index contributed by atoms with van der Waals surface area (Å²) in [6.45, 7) is 8.17. The van der Waals surface area contributed by atoms with Crippen LogP contribution in [0.4, 0.5) is 20.2 Å². The van der Waals surface area contributed by atoms with E-state index in [2.05, 4.69) is 20.8 Å². The number of aromatic nitrogens is 4. The average molecular weight is 629 g/mol. The molecule has 2 aromatic carbocycles. The maximum Gasteiger partial charge on any atom is 0.253 e. The number of halogens is 2. The van der Waals surface area contributed by atoms with Gasteiger partial charge in [-0.15, -0.1) is 10.2 Å². The van der Waals surface area contributed by atoms with Crippen LogP contribution in [0.25, 0.3) is 44.7 Å². The van der Waals surface area contributed by atoms with Gasteiger partial charge in [-0.1, -0.05) is 0 Å². The first-order chi connectivity index (χ1) is 22.4. The van der Waals surface area contributed by atoms with Crippen molar-refractivity contribution in [3.8, 4) is 22.9 Å². The van der Waals surface area contributed by atoms with E-state index in [9.17, 15) is 9.59 Å². The number of piperazine rings is 2. The number of rotatable bonds is 6. The highest BCUT2D eigenvalue weighted by Gasteiger charge is 2.29. The van der Waals surface area contributed by atoms with Gasteiger partial charge in [-0.05, 0) is 44.0 Å². The molecule has 3 aromatic heterocycles. The molecule has 3 aliphatic rings. The zero-order valence-electron chi connectivity index (χ0n) is 25.5. The van der Waals surface area contributed by atoms with Gasteiger partial charge in [-0.3, -0.25) is 9.59 Å². The molecule has 5 heterocycles. The minimum Gasteiger partial charge on any atom is -0.416 e. The summed E-state index contributed by atoms with van der Waals surface area (Å²) in [6.07, 6.45) is 5.22. The van der Waals surface area contributed by atoms with Crippen molar-refractivity contribution < 1.29 is 13.2 Å². The number of anilines is 2. The lowest BCUT2D eigenvalue weighted by atomic mass is 10.1. The van der Waals surface area contributed by atoms with Gasteiger partial charge in [-0.2, -0.15) is 0 Å². The third-order valence-corrected chi connectivity index (χ3v) is 9.33. The van der Waals surface area contributed by atoms with Gasteiger partial charge in [0.05, 0.1) is 22.4 Å². The first-order valence-electron chi connectivity index (χ1n) is 15.9. The van der Waals surface area contributed by atoms with Crippen LogP contribution < -0.4 is 31.3 Å². The van der Waals surface area contributed by atoms with Gasteiger partial charge in [0.15, 0.2) is 0 Å². The van der Waals surface area contributed by atoms with Gasteiger partial charge in [-0.25, -0.2) is 8.78 Å². The molecule has 0 atom stereocenters. The topological polar surface area (TPSA) is 113 Å². The molecule has 0 bridgehead atoms. The molecule has 0 radical (unpaired) electrons. The Morgan fingerprint density at radius 3 is 1.78 bits per heavy atom. The van der Waals surface area contributed by atoms with E-state index in [0.29, 0.717) is 55.1 Å². The molecule has 13 heteroatoms. The fourth-order valence-corrected chi connectivity index (χ4v) is 6.72. The summed E-state index contributed by atoms with van der Waals surface area (Å²) in [5.74, 6) is -1.07. The Kier molecular flexibility index (Phi) is 7.09. The predicted molar refractivity (Wildman–Crippen MR) is 173 cm³/mol. The van der Waals surface area contributed by atoms with E-state index in [1.54, 1.807) is 24.5 Å². The number of nitrogens with zero attached hydrogens (tertiary/aromatic N) is 6. The Hall–Kier alpha value is -4.62. The van der Waals surface area contributed by atoms with Crippen LogP contribution >= 0.6 is 0 Å².